The monoisotopic (exact) mass is 822 g/mol. The Hall–Kier alpha value is -5.42. The summed E-state index contributed by atoms with van der Waals surface area (Å²) in [6.07, 6.45) is 2.50. The molecule has 0 radical (unpaired) electrons. The Bertz CT molecular complexity index is 1310. The minimum Gasteiger partial charge on any atom is -0.480 e. The number of rotatable bonds is 33. The van der Waals surface area contributed by atoms with E-state index in [0.717, 1.165) is 30.6 Å². The van der Waals surface area contributed by atoms with Crippen LogP contribution < -0.4 is 5.32 Å². The molecule has 1 unspecified atom stereocenters. The van der Waals surface area contributed by atoms with Gasteiger partial charge in [-0.3, -0.25) is 62.6 Å². The molecule has 0 saturated carbocycles. The molecule has 1 amide bonds. The summed E-state index contributed by atoms with van der Waals surface area (Å²) in [5, 5.41) is 49.2. The van der Waals surface area contributed by atoms with E-state index in [2.05, 4.69) is 5.32 Å². The second kappa shape index (κ2) is 28.0. The predicted octanol–water partition coefficient (Wildman–Crippen LogP) is -1.64. The van der Waals surface area contributed by atoms with Gasteiger partial charge in [-0.15, -0.1) is 0 Å². The topological polar surface area (TPSA) is 331 Å². The smallest absolute Gasteiger partial charge is 0.317 e. The molecule has 23 nitrogen and oxygen atoms in total. The maximum atomic E-state index is 13.1. The Balaban J connectivity index is 5.34. The lowest BCUT2D eigenvalue weighted by Crippen LogP contribution is -2.52. The third kappa shape index (κ3) is 26.1. The number of hydrogen-bond acceptors (Lipinski definition) is 17. The van der Waals surface area contributed by atoms with Crippen molar-refractivity contribution in [1.82, 2.24) is 20.0 Å². The van der Waals surface area contributed by atoms with Crippen molar-refractivity contribution in [3.05, 3.63) is 0 Å². The van der Waals surface area contributed by atoms with Crippen LogP contribution in [-0.2, 0) is 66.9 Å². The number of carboxylic acids is 5. The maximum Gasteiger partial charge on any atom is 0.317 e. The largest absolute Gasteiger partial charge is 0.480 e. The van der Waals surface area contributed by atoms with Gasteiger partial charge in [-0.05, 0) is 12.8 Å². The van der Waals surface area contributed by atoms with Crippen molar-refractivity contribution in [3.8, 4) is 0 Å². The van der Waals surface area contributed by atoms with Crippen LogP contribution in [0.4, 0.5) is 0 Å². The number of ether oxygens (including phenoxy) is 4. The van der Waals surface area contributed by atoms with Gasteiger partial charge in [0.15, 0.2) is 5.41 Å². The molecule has 0 spiro atoms. The number of aliphatic carboxylic acids is 5. The maximum absolute atomic E-state index is 13.1. The summed E-state index contributed by atoms with van der Waals surface area (Å²) >= 11 is 0. The summed E-state index contributed by atoms with van der Waals surface area (Å²) in [5.74, 6) is -10.4. The highest BCUT2D eigenvalue weighted by atomic mass is 16.6. The van der Waals surface area contributed by atoms with Gasteiger partial charge in [0.2, 0.25) is 5.91 Å². The van der Waals surface area contributed by atoms with Crippen LogP contribution in [-0.4, -0.2) is 191 Å². The Morgan fingerprint density at radius 2 is 0.947 bits per heavy atom. The molecule has 6 N–H and O–H groups in total. The molecular formula is C34H54N4O19. The molecule has 0 aliphatic carbocycles. The Morgan fingerprint density at radius 1 is 0.544 bits per heavy atom. The third-order valence-electron chi connectivity index (χ3n) is 7.89. The predicted molar refractivity (Wildman–Crippen MR) is 190 cm³/mol. The Morgan fingerprint density at radius 3 is 1.39 bits per heavy atom. The number of nitrogens with zero attached hydrogens (tertiary/aromatic N) is 3. The van der Waals surface area contributed by atoms with E-state index in [9.17, 15) is 63.3 Å². The number of amides is 1. The van der Waals surface area contributed by atoms with Crippen LogP contribution in [0.1, 0.15) is 59.3 Å². The van der Waals surface area contributed by atoms with Crippen molar-refractivity contribution in [2.75, 3.05) is 85.3 Å². The summed E-state index contributed by atoms with van der Waals surface area (Å²) in [7, 11) is 0. The Labute approximate surface area is 328 Å². The minimum atomic E-state index is -1.69. The van der Waals surface area contributed by atoms with Crippen LogP contribution >= 0.6 is 0 Å². The van der Waals surface area contributed by atoms with Gasteiger partial charge in [-0.2, -0.15) is 0 Å². The quantitative estimate of drug-likeness (QED) is 0.0246. The van der Waals surface area contributed by atoms with E-state index < -0.39 is 130 Å². The average molecular weight is 823 g/mol. The van der Waals surface area contributed by atoms with Crippen molar-refractivity contribution in [2.24, 2.45) is 5.41 Å². The number of hydrogen-bond donors (Lipinski definition) is 6. The lowest BCUT2D eigenvalue weighted by molar-refractivity contribution is -0.165. The summed E-state index contributed by atoms with van der Waals surface area (Å²) in [5.41, 5.74) is -1.69. The molecule has 0 aromatic rings. The van der Waals surface area contributed by atoms with E-state index in [1.807, 2.05) is 0 Å². The molecule has 0 bridgehead atoms. The fourth-order valence-electron chi connectivity index (χ4n) is 5.16. The molecule has 0 heterocycles. The van der Waals surface area contributed by atoms with Crippen molar-refractivity contribution in [1.29, 1.82) is 0 Å². The molecular weight excluding hydrogens is 768 g/mol. The average Bonchev–Trinajstić information content (AvgIpc) is 3.07. The molecule has 0 saturated heterocycles. The van der Waals surface area contributed by atoms with Crippen LogP contribution in [0.5, 0.6) is 0 Å². The van der Waals surface area contributed by atoms with E-state index in [0.29, 0.717) is 32.1 Å². The third-order valence-corrected chi connectivity index (χ3v) is 7.89. The first-order chi connectivity index (χ1) is 26.6. The molecule has 0 aliphatic heterocycles. The fraction of sp³-hybridized carbons (Fsp3) is 0.706. The zero-order chi connectivity index (χ0) is 43.6. The second-order valence-corrected chi connectivity index (χ2v) is 13.1. The van der Waals surface area contributed by atoms with Gasteiger partial charge in [0.05, 0.1) is 38.8 Å². The summed E-state index contributed by atoms with van der Waals surface area (Å²) in [6, 6.07) is -1.15. The summed E-state index contributed by atoms with van der Waals surface area (Å²) in [4.78, 5) is 120. The van der Waals surface area contributed by atoms with Crippen LogP contribution in [0.2, 0.25) is 0 Å². The van der Waals surface area contributed by atoms with Crippen molar-refractivity contribution < 1.29 is 92.4 Å². The van der Waals surface area contributed by atoms with Crippen LogP contribution in [0.25, 0.3) is 0 Å². The van der Waals surface area contributed by atoms with Crippen molar-refractivity contribution in [2.45, 2.75) is 65.3 Å². The van der Waals surface area contributed by atoms with E-state index >= 15 is 0 Å². The van der Waals surface area contributed by atoms with Gasteiger partial charge in [-0.1, -0.05) is 19.3 Å². The van der Waals surface area contributed by atoms with Crippen LogP contribution in [0.3, 0.4) is 0 Å². The molecule has 23 heteroatoms. The standard InChI is InChI=1S/C34H54N4O19/c1-23(39)55-20-34(21-56-24(2)40,22-57-25(3)41)33(53)35-10-8-6-4-5-7-9-32(52)54-19-26(38(17-30(48)49)18-31(50)51)13-36(14-27(42)43)11-12-37(15-28(44)45)16-29(46)47/h26H,4-22H2,1-3H3,(H,35,53)(H,42,43)(H,44,45)(H,46,47)(H,48,49)(H,50,51). The number of unbranched alkanes of at least 4 members (excludes halogenated alkanes) is 4. The Kier molecular flexibility index (Phi) is 25.4. The summed E-state index contributed by atoms with van der Waals surface area (Å²) in [6.45, 7) is -3.03. The van der Waals surface area contributed by atoms with E-state index in [1.165, 1.54) is 4.90 Å². The van der Waals surface area contributed by atoms with Gasteiger partial charge < -0.3 is 49.8 Å². The van der Waals surface area contributed by atoms with Gasteiger partial charge in [0.25, 0.3) is 0 Å². The van der Waals surface area contributed by atoms with E-state index in [4.69, 9.17) is 29.2 Å². The first-order valence-corrected chi connectivity index (χ1v) is 17.8. The van der Waals surface area contributed by atoms with Gasteiger partial charge in [0, 0.05) is 53.4 Å². The highest BCUT2D eigenvalue weighted by molar-refractivity contribution is 5.84. The number of carboxylic acid groups (broad SMARTS) is 5. The SMILES string of the molecule is CC(=O)OCC(COC(C)=O)(COC(C)=O)C(=O)NCCCCCCCC(=O)OCC(CN(CCN(CC(=O)O)CC(=O)O)CC(=O)O)N(CC(=O)O)CC(=O)O. The normalized spacial score (nSPS) is 11.8. The number of carbonyl (C=O) groups excluding carboxylic acids is 5. The molecule has 0 aromatic heterocycles. The highest BCUT2D eigenvalue weighted by Crippen LogP contribution is 2.21. The van der Waals surface area contributed by atoms with E-state index in [-0.39, 0.29) is 32.6 Å². The molecule has 0 aromatic carbocycles. The van der Waals surface area contributed by atoms with Gasteiger partial charge in [-0.25, -0.2) is 0 Å². The molecule has 0 rings (SSSR count). The zero-order valence-electron chi connectivity index (χ0n) is 32.3. The first kappa shape index (κ1) is 51.6. The minimum absolute atomic E-state index is 0.0789. The second-order valence-electron chi connectivity index (χ2n) is 13.1. The van der Waals surface area contributed by atoms with Crippen molar-refractivity contribution >= 4 is 59.6 Å². The lowest BCUT2D eigenvalue weighted by atomic mass is 9.89. The molecule has 57 heavy (non-hydrogen) atoms. The zero-order valence-corrected chi connectivity index (χ0v) is 32.3. The first-order valence-electron chi connectivity index (χ1n) is 17.8. The molecule has 0 aliphatic rings. The van der Waals surface area contributed by atoms with Crippen LogP contribution in [0.15, 0.2) is 0 Å². The van der Waals surface area contributed by atoms with Gasteiger partial charge >= 0.3 is 53.7 Å². The fourth-order valence-corrected chi connectivity index (χ4v) is 5.16. The lowest BCUT2D eigenvalue weighted by Gasteiger charge is -2.33. The van der Waals surface area contributed by atoms with Crippen LogP contribution in [0, 0.1) is 5.41 Å². The highest BCUT2D eigenvalue weighted by Gasteiger charge is 2.43. The molecule has 324 valence electrons. The number of esters is 4. The van der Waals surface area contributed by atoms with E-state index in [1.54, 1.807) is 0 Å². The van der Waals surface area contributed by atoms with Crippen molar-refractivity contribution in [3.63, 3.8) is 0 Å². The molecule has 1 atom stereocenters. The molecule has 0 fully saturated rings. The number of carbonyl (C=O) groups is 10. The van der Waals surface area contributed by atoms with Gasteiger partial charge in [0.1, 0.15) is 26.4 Å². The number of nitrogens with one attached hydrogen (secondary N) is 1. The summed E-state index contributed by atoms with van der Waals surface area (Å²) < 4.78 is 20.3.